The zero-order chi connectivity index (χ0) is 22.1. The SMILES string of the molecule is CC(N)C(=O)NC(Cc1cnc[nH]1)C(=O)NC(C)C(=O)NC(CC(N)=O)C(=O)O. The van der Waals surface area contributed by atoms with Gasteiger partial charge in [-0.3, -0.25) is 19.2 Å². The van der Waals surface area contributed by atoms with Crippen molar-refractivity contribution in [2.24, 2.45) is 11.5 Å². The highest BCUT2D eigenvalue weighted by Crippen LogP contribution is 2.01. The fourth-order valence-electron chi connectivity index (χ4n) is 2.21. The molecule has 0 saturated heterocycles. The lowest BCUT2D eigenvalue weighted by atomic mass is 10.1. The third kappa shape index (κ3) is 7.96. The predicted molar refractivity (Wildman–Crippen MR) is 98.9 cm³/mol. The van der Waals surface area contributed by atoms with Gasteiger partial charge in [0.2, 0.25) is 23.6 Å². The number of rotatable bonds is 11. The number of primary amides is 1. The number of aliphatic carboxylic acids is 1. The number of nitrogens with zero attached hydrogens (tertiary/aromatic N) is 1. The van der Waals surface area contributed by atoms with Gasteiger partial charge in [-0.15, -0.1) is 0 Å². The maximum atomic E-state index is 12.6. The van der Waals surface area contributed by atoms with E-state index in [0.717, 1.165) is 0 Å². The first-order valence-electron chi connectivity index (χ1n) is 8.66. The molecule has 0 aliphatic carbocycles. The molecule has 4 atom stereocenters. The summed E-state index contributed by atoms with van der Waals surface area (Å²) in [5.41, 5.74) is 11.0. The van der Waals surface area contributed by atoms with E-state index < -0.39 is 60.2 Å². The highest BCUT2D eigenvalue weighted by Gasteiger charge is 2.28. The molecule has 0 radical (unpaired) electrons. The first-order valence-corrected chi connectivity index (χ1v) is 8.66. The van der Waals surface area contributed by atoms with Crippen molar-refractivity contribution >= 4 is 29.6 Å². The smallest absolute Gasteiger partial charge is 0.326 e. The lowest BCUT2D eigenvalue weighted by molar-refractivity contribution is -0.143. The molecule has 1 rings (SSSR count). The van der Waals surface area contributed by atoms with Gasteiger partial charge in [0.15, 0.2) is 0 Å². The van der Waals surface area contributed by atoms with Crippen LogP contribution in [0.3, 0.4) is 0 Å². The molecule has 1 aromatic heterocycles. The van der Waals surface area contributed by atoms with Crippen molar-refractivity contribution in [1.82, 2.24) is 25.9 Å². The predicted octanol–water partition coefficient (Wildman–Crippen LogP) is -3.27. The maximum absolute atomic E-state index is 12.6. The molecule has 1 heterocycles. The van der Waals surface area contributed by atoms with Crippen molar-refractivity contribution in [3.05, 3.63) is 18.2 Å². The highest BCUT2D eigenvalue weighted by atomic mass is 16.4. The molecule has 29 heavy (non-hydrogen) atoms. The average molecular weight is 411 g/mol. The van der Waals surface area contributed by atoms with Crippen LogP contribution in [0.15, 0.2) is 12.5 Å². The van der Waals surface area contributed by atoms with Crippen molar-refractivity contribution in [3.63, 3.8) is 0 Å². The van der Waals surface area contributed by atoms with Crippen molar-refractivity contribution in [2.75, 3.05) is 0 Å². The Bertz CT molecular complexity index is 749. The number of nitrogens with two attached hydrogens (primary N) is 2. The molecule has 0 aliphatic heterocycles. The number of hydrogen-bond donors (Lipinski definition) is 7. The zero-order valence-corrected chi connectivity index (χ0v) is 16.0. The molecule has 13 nitrogen and oxygen atoms in total. The number of amides is 4. The molecule has 13 heteroatoms. The van der Waals surface area contributed by atoms with Gasteiger partial charge in [0, 0.05) is 18.3 Å². The largest absolute Gasteiger partial charge is 0.480 e. The third-order valence-corrected chi connectivity index (χ3v) is 3.80. The normalized spacial score (nSPS) is 14.7. The van der Waals surface area contributed by atoms with E-state index in [1.807, 2.05) is 0 Å². The Morgan fingerprint density at radius 2 is 1.69 bits per heavy atom. The van der Waals surface area contributed by atoms with Crippen LogP contribution in [0.2, 0.25) is 0 Å². The lowest BCUT2D eigenvalue weighted by Gasteiger charge is -2.22. The Hall–Kier alpha value is -3.48. The van der Waals surface area contributed by atoms with Crippen LogP contribution < -0.4 is 27.4 Å². The Labute approximate surface area is 166 Å². The number of aromatic nitrogens is 2. The summed E-state index contributed by atoms with van der Waals surface area (Å²) in [6.45, 7) is 2.76. The van der Waals surface area contributed by atoms with E-state index >= 15 is 0 Å². The molecule has 160 valence electrons. The molecule has 0 saturated carbocycles. The first-order chi connectivity index (χ1) is 13.5. The van der Waals surface area contributed by atoms with Gasteiger partial charge in [0.05, 0.1) is 18.8 Å². The van der Waals surface area contributed by atoms with Crippen LogP contribution in [0, 0.1) is 0 Å². The second kappa shape index (κ2) is 10.8. The van der Waals surface area contributed by atoms with Gasteiger partial charge in [0.25, 0.3) is 0 Å². The number of nitrogens with one attached hydrogen (secondary N) is 4. The number of carboxylic acids is 1. The molecular formula is C16H25N7O6. The summed E-state index contributed by atoms with van der Waals surface area (Å²) in [7, 11) is 0. The summed E-state index contributed by atoms with van der Waals surface area (Å²) in [6, 6.07) is -4.62. The summed E-state index contributed by atoms with van der Waals surface area (Å²) < 4.78 is 0. The highest BCUT2D eigenvalue weighted by molar-refractivity contribution is 5.94. The minimum atomic E-state index is -1.53. The van der Waals surface area contributed by atoms with Gasteiger partial charge < -0.3 is 37.5 Å². The van der Waals surface area contributed by atoms with Crippen LogP contribution in [0.1, 0.15) is 26.0 Å². The number of hydrogen-bond acceptors (Lipinski definition) is 7. The second-order valence-electron chi connectivity index (χ2n) is 6.43. The van der Waals surface area contributed by atoms with E-state index in [-0.39, 0.29) is 6.42 Å². The number of aromatic amines is 1. The molecule has 4 amide bonds. The van der Waals surface area contributed by atoms with Gasteiger partial charge in [-0.2, -0.15) is 0 Å². The molecule has 1 aromatic rings. The molecule has 4 unspecified atom stereocenters. The van der Waals surface area contributed by atoms with E-state index in [1.165, 1.54) is 26.4 Å². The minimum Gasteiger partial charge on any atom is -0.480 e. The molecule has 0 aromatic carbocycles. The Balaban J connectivity index is 2.79. The number of carbonyl (C=O) groups is 5. The number of H-pyrrole nitrogens is 1. The maximum Gasteiger partial charge on any atom is 0.326 e. The fraction of sp³-hybridized carbons (Fsp3) is 0.500. The molecular weight excluding hydrogens is 386 g/mol. The van der Waals surface area contributed by atoms with E-state index in [0.29, 0.717) is 5.69 Å². The topological polar surface area (TPSA) is 222 Å². The lowest BCUT2D eigenvalue weighted by Crippen LogP contribution is -2.56. The minimum absolute atomic E-state index is 0.0536. The summed E-state index contributed by atoms with van der Waals surface area (Å²) in [5.74, 6) is -4.47. The number of carbonyl (C=O) groups excluding carboxylic acids is 4. The summed E-state index contributed by atoms with van der Waals surface area (Å²) in [5, 5.41) is 16.0. The first kappa shape index (κ1) is 23.6. The van der Waals surface area contributed by atoms with Crippen molar-refractivity contribution < 1.29 is 29.1 Å². The van der Waals surface area contributed by atoms with Crippen molar-refractivity contribution in [2.45, 2.75) is 50.9 Å². The molecule has 0 spiro atoms. The van der Waals surface area contributed by atoms with Gasteiger partial charge in [-0.1, -0.05) is 0 Å². The van der Waals surface area contributed by atoms with E-state index in [1.54, 1.807) is 0 Å². The van der Waals surface area contributed by atoms with Crippen LogP contribution in [0.4, 0.5) is 0 Å². The molecule has 0 bridgehead atoms. The number of imidazole rings is 1. The van der Waals surface area contributed by atoms with Gasteiger partial charge >= 0.3 is 5.97 Å². The van der Waals surface area contributed by atoms with Gasteiger partial charge in [0.1, 0.15) is 18.1 Å². The van der Waals surface area contributed by atoms with Gasteiger partial charge in [-0.25, -0.2) is 9.78 Å². The molecule has 0 aliphatic rings. The standard InChI is InChI=1S/C16H25N7O6/c1-7(17)13(25)22-10(3-9-5-19-6-20-9)15(27)21-8(2)14(26)23-11(16(28)29)4-12(18)24/h5-8,10-11H,3-4,17H2,1-2H3,(H2,18,24)(H,19,20)(H,21,27)(H,22,25)(H,23,26)(H,28,29). The molecule has 0 fully saturated rings. The third-order valence-electron chi connectivity index (χ3n) is 3.80. The van der Waals surface area contributed by atoms with Gasteiger partial charge in [-0.05, 0) is 13.8 Å². The Morgan fingerprint density at radius 3 is 2.17 bits per heavy atom. The summed E-state index contributed by atoms with van der Waals surface area (Å²) in [4.78, 5) is 65.3. The van der Waals surface area contributed by atoms with Crippen molar-refractivity contribution in [1.29, 1.82) is 0 Å². The fourth-order valence-corrected chi connectivity index (χ4v) is 2.21. The van der Waals surface area contributed by atoms with Crippen LogP contribution in [-0.4, -0.2) is 68.8 Å². The van der Waals surface area contributed by atoms with Crippen LogP contribution in [0.5, 0.6) is 0 Å². The molecule has 9 N–H and O–H groups in total. The summed E-state index contributed by atoms with van der Waals surface area (Å²) >= 11 is 0. The zero-order valence-electron chi connectivity index (χ0n) is 16.0. The van der Waals surface area contributed by atoms with Crippen LogP contribution >= 0.6 is 0 Å². The monoisotopic (exact) mass is 411 g/mol. The van der Waals surface area contributed by atoms with Crippen molar-refractivity contribution in [3.8, 4) is 0 Å². The van der Waals surface area contributed by atoms with Crippen LogP contribution in [0.25, 0.3) is 0 Å². The average Bonchev–Trinajstić information content (AvgIpc) is 3.12. The second-order valence-corrected chi connectivity index (χ2v) is 6.43. The van der Waals surface area contributed by atoms with Crippen LogP contribution in [-0.2, 0) is 30.4 Å². The summed E-state index contributed by atoms with van der Waals surface area (Å²) in [6.07, 6.45) is 2.32. The number of carboxylic acid groups (broad SMARTS) is 1. The van der Waals surface area contributed by atoms with E-state index in [4.69, 9.17) is 16.6 Å². The Kier molecular flexibility index (Phi) is 8.73. The quantitative estimate of drug-likeness (QED) is 0.195. The van der Waals surface area contributed by atoms with E-state index in [2.05, 4.69) is 25.9 Å². The van der Waals surface area contributed by atoms with E-state index in [9.17, 15) is 24.0 Å². The Morgan fingerprint density at radius 1 is 1.07 bits per heavy atom.